The Morgan fingerprint density at radius 1 is 1.30 bits per heavy atom. The Hall–Kier alpha value is -1.80. The molecule has 5 nitrogen and oxygen atoms in total. The van der Waals surface area contributed by atoms with Gasteiger partial charge in [0, 0.05) is 19.6 Å². The average molecular weight is 386 g/mol. The highest BCUT2D eigenvalue weighted by atomic mass is 19.4. The molecule has 8 heteroatoms. The molecule has 2 bridgehead atoms. The van der Waals surface area contributed by atoms with Crippen LogP contribution in [-0.4, -0.2) is 48.3 Å². The quantitative estimate of drug-likeness (QED) is 0.787. The fourth-order valence-electron chi connectivity index (χ4n) is 4.35. The number of alkyl halides is 3. The van der Waals surface area contributed by atoms with Gasteiger partial charge in [-0.3, -0.25) is 4.79 Å². The molecule has 0 aliphatic heterocycles. The van der Waals surface area contributed by atoms with Crippen LogP contribution in [0, 0.1) is 17.8 Å². The van der Waals surface area contributed by atoms with Crippen LogP contribution in [0.3, 0.4) is 0 Å². The van der Waals surface area contributed by atoms with Crippen LogP contribution < -0.4 is 10.5 Å². The fourth-order valence-corrected chi connectivity index (χ4v) is 4.35. The highest BCUT2D eigenvalue weighted by Crippen LogP contribution is 2.48. The van der Waals surface area contributed by atoms with E-state index >= 15 is 0 Å². The number of benzene rings is 1. The second-order valence-electron chi connectivity index (χ2n) is 7.64. The summed E-state index contributed by atoms with van der Waals surface area (Å²) in [6, 6.07) is 4.15. The van der Waals surface area contributed by atoms with Crippen molar-refractivity contribution in [2.75, 3.05) is 20.2 Å². The number of rotatable bonds is 6. The Kier molecular flexibility index (Phi) is 5.67. The number of fused-ring (bicyclic) bond motifs is 2. The van der Waals surface area contributed by atoms with Crippen molar-refractivity contribution in [2.24, 2.45) is 23.5 Å². The van der Waals surface area contributed by atoms with E-state index in [2.05, 4.69) is 0 Å². The second kappa shape index (κ2) is 7.67. The zero-order chi connectivity index (χ0) is 19.8. The molecular weight excluding hydrogens is 361 g/mol. The van der Waals surface area contributed by atoms with Gasteiger partial charge in [0.2, 0.25) is 5.91 Å². The minimum Gasteiger partial charge on any atom is -0.491 e. The van der Waals surface area contributed by atoms with Crippen molar-refractivity contribution in [1.82, 2.24) is 4.90 Å². The average Bonchev–Trinajstić information content (AvgIpc) is 3.20. The molecule has 0 heterocycles. The number of aliphatic hydroxyl groups is 1. The van der Waals surface area contributed by atoms with Crippen LogP contribution in [0.1, 0.15) is 24.8 Å². The third kappa shape index (κ3) is 4.38. The minimum atomic E-state index is -4.40. The molecule has 2 saturated carbocycles. The summed E-state index contributed by atoms with van der Waals surface area (Å²) in [5.74, 6) is 0.747. The smallest absolute Gasteiger partial charge is 0.416 e. The molecule has 2 aliphatic rings. The van der Waals surface area contributed by atoms with E-state index in [9.17, 15) is 23.1 Å². The summed E-state index contributed by atoms with van der Waals surface area (Å²) in [6.07, 6.45) is -2.23. The van der Waals surface area contributed by atoms with Crippen molar-refractivity contribution in [3.63, 3.8) is 0 Å². The number of aliphatic hydroxyl groups excluding tert-OH is 1. The molecule has 2 aliphatic carbocycles. The number of nitrogens with two attached hydrogens (primary N) is 1. The lowest BCUT2D eigenvalue weighted by atomic mass is 9.84. The third-order valence-electron chi connectivity index (χ3n) is 5.75. The van der Waals surface area contributed by atoms with Crippen molar-refractivity contribution in [1.29, 1.82) is 0 Å². The van der Waals surface area contributed by atoms with Gasteiger partial charge in [0.05, 0.1) is 11.5 Å². The predicted octanol–water partition coefficient (Wildman–Crippen LogP) is 2.28. The number of ether oxygens (including phenoxy) is 1. The minimum absolute atomic E-state index is 0.0525. The predicted molar refractivity (Wildman–Crippen MR) is 92.9 cm³/mol. The zero-order valence-electron chi connectivity index (χ0n) is 15.2. The molecular formula is C19H25F3N2O3. The Morgan fingerprint density at radius 3 is 2.48 bits per heavy atom. The van der Waals surface area contributed by atoms with E-state index in [1.54, 1.807) is 7.05 Å². The van der Waals surface area contributed by atoms with Crippen LogP contribution in [0.15, 0.2) is 24.3 Å². The summed E-state index contributed by atoms with van der Waals surface area (Å²) in [7, 11) is 1.63. The molecule has 2 fully saturated rings. The fraction of sp³-hybridized carbons (Fsp3) is 0.632. The van der Waals surface area contributed by atoms with Gasteiger partial charge < -0.3 is 20.5 Å². The standard InChI is InChI=1S/C19H25F3N2O3/c1-24(18(26)16-11-2-3-12(8-11)17(16)23)9-14(25)10-27-15-6-4-13(5-7-15)19(20,21)22/h4-7,11-12,14,16-17,25H,2-3,8-10,23H2,1H3. The first-order valence-corrected chi connectivity index (χ1v) is 9.15. The van der Waals surface area contributed by atoms with E-state index in [1.165, 1.54) is 17.0 Å². The number of hydrogen-bond acceptors (Lipinski definition) is 4. The number of likely N-dealkylation sites (N-methyl/N-ethyl adjacent to an activating group) is 1. The van der Waals surface area contributed by atoms with Gasteiger partial charge in [0.1, 0.15) is 18.5 Å². The van der Waals surface area contributed by atoms with Crippen molar-refractivity contribution in [2.45, 2.75) is 37.6 Å². The Balaban J connectivity index is 1.47. The molecule has 0 aromatic heterocycles. The van der Waals surface area contributed by atoms with Crippen LogP contribution in [0.2, 0.25) is 0 Å². The largest absolute Gasteiger partial charge is 0.491 e. The highest BCUT2D eigenvalue weighted by Gasteiger charge is 2.49. The van der Waals surface area contributed by atoms with Gasteiger partial charge in [-0.25, -0.2) is 0 Å². The van der Waals surface area contributed by atoms with Crippen LogP contribution in [0.5, 0.6) is 5.75 Å². The van der Waals surface area contributed by atoms with Gasteiger partial charge in [-0.1, -0.05) is 0 Å². The first-order valence-electron chi connectivity index (χ1n) is 9.15. The van der Waals surface area contributed by atoms with Crippen molar-refractivity contribution in [3.05, 3.63) is 29.8 Å². The van der Waals surface area contributed by atoms with E-state index < -0.39 is 17.8 Å². The topological polar surface area (TPSA) is 75.8 Å². The van der Waals surface area contributed by atoms with Crippen LogP contribution in [0.25, 0.3) is 0 Å². The van der Waals surface area contributed by atoms with Crippen molar-refractivity contribution in [3.8, 4) is 5.75 Å². The number of hydrogen-bond donors (Lipinski definition) is 2. The summed E-state index contributed by atoms with van der Waals surface area (Å²) >= 11 is 0. The molecule has 0 radical (unpaired) electrons. The lowest BCUT2D eigenvalue weighted by Gasteiger charge is -2.31. The summed E-state index contributed by atoms with van der Waals surface area (Å²) in [6.45, 7) is -0.0359. The molecule has 1 aromatic carbocycles. The van der Waals surface area contributed by atoms with Gasteiger partial charge in [0.15, 0.2) is 0 Å². The first-order chi connectivity index (χ1) is 12.7. The summed E-state index contributed by atoms with van der Waals surface area (Å²) in [5.41, 5.74) is 5.44. The molecule has 1 amide bonds. The molecule has 5 atom stereocenters. The number of carbonyl (C=O) groups excluding carboxylic acids is 1. The monoisotopic (exact) mass is 386 g/mol. The number of nitrogens with zero attached hydrogens (tertiary/aromatic N) is 1. The van der Waals surface area contributed by atoms with Crippen LogP contribution in [0.4, 0.5) is 13.2 Å². The SMILES string of the molecule is CN(CC(O)COc1ccc(C(F)(F)F)cc1)C(=O)C1C2CCC(C2)C1N. The second-order valence-corrected chi connectivity index (χ2v) is 7.64. The van der Waals surface area contributed by atoms with Crippen LogP contribution in [-0.2, 0) is 11.0 Å². The van der Waals surface area contributed by atoms with Gasteiger partial charge in [0.25, 0.3) is 0 Å². The normalized spacial score (nSPS) is 28.2. The van der Waals surface area contributed by atoms with Crippen molar-refractivity contribution < 1.29 is 27.8 Å². The van der Waals surface area contributed by atoms with E-state index in [0.29, 0.717) is 11.8 Å². The Morgan fingerprint density at radius 2 is 1.93 bits per heavy atom. The molecule has 1 aromatic rings. The number of carbonyl (C=O) groups is 1. The van der Waals surface area contributed by atoms with Gasteiger partial charge in [-0.05, 0) is 55.4 Å². The van der Waals surface area contributed by atoms with Crippen molar-refractivity contribution >= 4 is 5.91 Å². The lowest BCUT2D eigenvalue weighted by Crippen LogP contribution is -2.48. The Bertz CT molecular complexity index is 663. The molecule has 0 saturated heterocycles. The molecule has 5 unspecified atom stereocenters. The number of amides is 1. The Labute approximate surface area is 156 Å². The van der Waals surface area contributed by atoms with Gasteiger partial charge in [-0.2, -0.15) is 13.2 Å². The molecule has 3 N–H and O–H groups in total. The molecule has 0 spiro atoms. The highest BCUT2D eigenvalue weighted by molar-refractivity contribution is 5.80. The van der Waals surface area contributed by atoms with E-state index in [0.717, 1.165) is 31.4 Å². The van der Waals surface area contributed by atoms with Crippen LogP contribution >= 0.6 is 0 Å². The maximum Gasteiger partial charge on any atom is 0.416 e. The molecule has 27 heavy (non-hydrogen) atoms. The van der Waals surface area contributed by atoms with E-state index in [4.69, 9.17) is 10.5 Å². The van der Waals surface area contributed by atoms with Gasteiger partial charge in [-0.15, -0.1) is 0 Å². The summed E-state index contributed by atoms with van der Waals surface area (Å²) < 4.78 is 42.9. The zero-order valence-corrected chi connectivity index (χ0v) is 15.2. The molecule has 3 rings (SSSR count). The lowest BCUT2D eigenvalue weighted by molar-refractivity contribution is -0.138. The number of halogens is 3. The van der Waals surface area contributed by atoms with Gasteiger partial charge >= 0.3 is 6.18 Å². The van der Waals surface area contributed by atoms with E-state index in [-0.39, 0.29) is 36.8 Å². The summed E-state index contributed by atoms with van der Waals surface area (Å²) in [5, 5.41) is 10.1. The third-order valence-corrected chi connectivity index (χ3v) is 5.75. The maximum atomic E-state index is 12.7. The summed E-state index contributed by atoms with van der Waals surface area (Å²) in [4.78, 5) is 14.2. The maximum absolute atomic E-state index is 12.7. The van der Waals surface area contributed by atoms with E-state index in [1.807, 2.05) is 0 Å². The molecule has 150 valence electrons. The first kappa shape index (κ1) is 19.9.